The Hall–Kier alpha value is -2.58. The van der Waals surface area contributed by atoms with Crippen LogP contribution in [0.1, 0.15) is 16.8 Å². The van der Waals surface area contributed by atoms with Crippen LogP contribution in [0.5, 0.6) is 5.75 Å². The van der Waals surface area contributed by atoms with Gasteiger partial charge in [0.1, 0.15) is 12.4 Å². The Kier molecular flexibility index (Phi) is 5.75. The van der Waals surface area contributed by atoms with Crippen LogP contribution in [0, 0.1) is 19.3 Å². The van der Waals surface area contributed by atoms with E-state index in [0.29, 0.717) is 6.42 Å². The molecule has 22 heavy (non-hydrogen) atoms. The molecular formula is C17H17N3OS. The van der Waals surface area contributed by atoms with Crippen LogP contribution in [0.25, 0.3) is 0 Å². The van der Waals surface area contributed by atoms with Gasteiger partial charge in [0.15, 0.2) is 0 Å². The molecule has 2 aromatic rings. The Morgan fingerprint density at radius 1 is 1.55 bits per heavy atom. The molecule has 4 nitrogen and oxygen atoms in total. The molecule has 0 amide bonds. The van der Waals surface area contributed by atoms with Gasteiger partial charge in [-0.15, -0.1) is 24.3 Å². The molecule has 0 aliphatic carbocycles. The fraction of sp³-hybridized carbons (Fsp3) is 0.176. The molecule has 1 aromatic carbocycles. The summed E-state index contributed by atoms with van der Waals surface area (Å²) in [5.74, 6) is 3.24. The van der Waals surface area contributed by atoms with Gasteiger partial charge in [-0.1, -0.05) is 12.0 Å². The van der Waals surface area contributed by atoms with E-state index in [1.165, 1.54) is 11.3 Å². The van der Waals surface area contributed by atoms with E-state index in [1.807, 2.05) is 36.6 Å². The molecule has 0 unspecified atom stereocenters. The van der Waals surface area contributed by atoms with Gasteiger partial charge in [-0.25, -0.2) is 4.98 Å². The molecule has 2 rings (SSSR count). The minimum absolute atomic E-state index is 0.253. The zero-order valence-electron chi connectivity index (χ0n) is 12.4. The van der Waals surface area contributed by atoms with E-state index in [9.17, 15) is 0 Å². The number of anilines is 1. The van der Waals surface area contributed by atoms with Crippen molar-refractivity contribution in [3.05, 3.63) is 53.1 Å². The molecule has 1 heterocycles. The molecule has 0 fully saturated rings. The Bertz CT molecular complexity index is 713. The highest BCUT2D eigenvalue weighted by Gasteiger charge is 2.03. The zero-order chi connectivity index (χ0) is 15.8. The first-order valence-corrected chi connectivity index (χ1v) is 7.62. The van der Waals surface area contributed by atoms with Gasteiger partial charge in [0.2, 0.25) is 5.13 Å². The number of hydrogen-bond donors (Lipinski definition) is 1. The fourth-order valence-electron chi connectivity index (χ4n) is 1.82. The molecule has 0 atom stereocenters. The summed E-state index contributed by atoms with van der Waals surface area (Å²) in [6, 6.07) is 5.83. The lowest BCUT2D eigenvalue weighted by atomic mass is 10.1. The van der Waals surface area contributed by atoms with Crippen molar-refractivity contribution in [2.75, 3.05) is 12.0 Å². The average molecular weight is 311 g/mol. The highest BCUT2D eigenvalue weighted by atomic mass is 32.1. The lowest BCUT2D eigenvalue weighted by Gasteiger charge is -2.09. The summed E-state index contributed by atoms with van der Waals surface area (Å²) >= 11 is 1.52. The van der Waals surface area contributed by atoms with Gasteiger partial charge in [0.05, 0.1) is 11.9 Å². The normalized spacial score (nSPS) is 10.4. The standard InChI is InChI=1S/C17H17N3OS/c1-4-6-15-10-14(7-8-16(15)21-9-5-2)11-18-20-17-19-13(3)12-22-17/h2,4,7-8,10-12H,1,6,9H2,3H3,(H,19,20). The highest BCUT2D eigenvalue weighted by Crippen LogP contribution is 2.21. The van der Waals surface area contributed by atoms with E-state index >= 15 is 0 Å². The van der Waals surface area contributed by atoms with Crippen molar-refractivity contribution in [2.24, 2.45) is 5.10 Å². The zero-order valence-corrected chi connectivity index (χ0v) is 13.2. The second-order valence-electron chi connectivity index (χ2n) is 4.52. The second-order valence-corrected chi connectivity index (χ2v) is 5.37. The third-order valence-corrected chi connectivity index (χ3v) is 3.62. The smallest absolute Gasteiger partial charge is 0.203 e. The molecule has 0 aliphatic rings. The van der Waals surface area contributed by atoms with Crippen molar-refractivity contribution in [1.82, 2.24) is 4.98 Å². The van der Waals surface area contributed by atoms with Crippen LogP contribution in [0.3, 0.4) is 0 Å². The minimum atomic E-state index is 0.253. The number of thiazole rings is 1. The molecule has 1 N–H and O–H groups in total. The highest BCUT2D eigenvalue weighted by molar-refractivity contribution is 7.13. The lowest BCUT2D eigenvalue weighted by molar-refractivity contribution is 0.367. The Balaban J connectivity index is 2.08. The quantitative estimate of drug-likeness (QED) is 0.367. The molecule has 0 saturated heterocycles. The summed E-state index contributed by atoms with van der Waals surface area (Å²) in [5, 5.41) is 6.93. The molecule has 0 aliphatic heterocycles. The van der Waals surface area contributed by atoms with Crippen LogP contribution in [0.2, 0.25) is 0 Å². The number of ether oxygens (including phenoxy) is 1. The second kappa shape index (κ2) is 8.01. The summed E-state index contributed by atoms with van der Waals surface area (Å²) in [5.41, 5.74) is 5.88. The van der Waals surface area contributed by atoms with E-state index in [0.717, 1.165) is 27.7 Å². The summed E-state index contributed by atoms with van der Waals surface area (Å²) < 4.78 is 5.52. The third-order valence-electron chi connectivity index (χ3n) is 2.75. The number of benzene rings is 1. The number of nitrogens with zero attached hydrogens (tertiary/aromatic N) is 2. The van der Waals surface area contributed by atoms with Crippen LogP contribution >= 0.6 is 11.3 Å². The Labute approximate surface area is 134 Å². The number of hydrazone groups is 1. The Morgan fingerprint density at radius 2 is 2.41 bits per heavy atom. The molecule has 1 aromatic heterocycles. The first kappa shape index (κ1) is 15.8. The molecule has 112 valence electrons. The van der Waals surface area contributed by atoms with Gasteiger partial charge in [-0.2, -0.15) is 5.10 Å². The van der Waals surface area contributed by atoms with Crippen LogP contribution in [-0.2, 0) is 6.42 Å². The summed E-state index contributed by atoms with van der Waals surface area (Å²) in [6.07, 6.45) is 9.51. The summed E-state index contributed by atoms with van der Waals surface area (Å²) in [7, 11) is 0. The molecule has 0 saturated carbocycles. The van der Waals surface area contributed by atoms with Gasteiger partial charge >= 0.3 is 0 Å². The van der Waals surface area contributed by atoms with Crippen molar-refractivity contribution in [1.29, 1.82) is 0 Å². The largest absolute Gasteiger partial charge is 0.481 e. The summed E-state index contributed by atoms with van der Waals surface area (Å²) in [4.78, 5) is 4.28. The van der Waals surface area contributed by atoms with E-state index in [-0.39, 0.29) is 6.61 Å². The number of nitrogens with one attached hydrogen (secondary N) is 1. The number of allylic oxidation sites excluding steroid dienone is 1. The number of terminal acetylenes is 1. The molecule has 0 spiro atoms. The van der Waals surface area contributed by atoms with E-state index in [2.05, 4.69) is 28.0 Å². The summed E-state index contributed by atoms with van der Waals surface area (Å²) in [6.45, 7) is 5.96. The van der Waals surface area contributed by atoms with Gasteiger partial charge in [-0.05, 0) is 42.7 Å². The molecule has 5 heteroatoms. The van der Waals surface area contributed by atoms with Gasteiger partial charge < -0.3 is 4.74 Å². The maximum atomic E-state index is 5.52. The van der Waals surface area contributed by atoms with E-state index in [4.69, 9.17) is 11.2 Å². The molecular weight excluding hydrogens is 294 g/mol. The average Bonchev–Trinajstić information content (AvgIpc) is 2.92. The topological polar surface area (TPSA) is 46.5 Å². The lowest BCUT2D eigenvalue weighted by Crippen LogP contribution is -1.99. The first-order valence-electron chi connectivity index (χ1n) is 6.74. The monoisotopic (exact) mass is 311 g/mol. The van der Waals surface area contributed by atoms with Crippen molar-refractivity contribution in [3.63, 3.8) is 0 Å². The fourth-order valence-corrected chi connectivity index (χ4v) is 2.46. The maximum absolute atomic E-state index is 5.52. The number of aromatic nitrogens is 1. The van der Waals surface area contributed by atoms with Crippen LogP contribution in [0.15, 0.2) is 41.3 Å². The SMILES string of the molecule is C#CCOc1ccc(C=NNc2nc(C)cs2)cc1CC=C. The predicted octanol–water partition coefficient (Wildman–Crippen LogP) is 3.64. The van der Waals surface area contributed by atoms with Crippen LogP contribution < -0.4 is 10.2 Å². The van der Waals surface area contributed by atoms with E-state index in [1.54, 1.807) is 6.21 Å². The predicted molar refractivity (Wildman–Crippen MR) is 92.7 cm³/mol. The van der Waals surface area contributed by atoms with Gasteiger partial charge in [0, 0.05) is 5.38 Å². The minimum Gasteiger partial charge on any atom is -0.481 e. The van der Waals surface area contributed by atoms with Crippen molar-refractivity contribution < 1.29 is 4.74 Å². The van der Waals surface area contributed by atoms with Crippen LogP contribution in [0.4, 0.5) is 5.13 Å². The number of aryl methyl sites for hydroxylation is 1. The number of hydrogen-bond acceptors (Lipinski definition) is 5. The van der Waals surface area contributed by atoms with Crippen LogP contribution in [-0.4, -0.2) is 17.8 Å². The number of rotatable bonds is 7. The maximum Gasteiger partial charge on any atom is 0.203 e. The van der Waals surface area contributed by atoms with Crippen molar-refractivity contribution in [3.8, 4) is 18.1 Å². The Morgan fingerprint density at radius 3 is 3.09 bits per heavy atom. The first-order chi connectivity index (χ1) is 10.7. The van der Waals surface area contributed by atoms with Gasteiger partial charge in [0.25, 0.3) is 0 Å². The van der Waals surface area contributed by atoms with Crippen molar-refractivity contribution >= 4 is 22.7 Å². The van der Waals surface area contributed by atoms with E-state index < -0.39 is 0 Å². The van der Waals surface area contributed by atoms with Gasteiger partial charge in [-0.3, -0.25) is 5.43 Å². The molecule has 0 bridgehead atoms. The molecule has 0 radical (unpaired) electrons. The van der Waals surface area contributed by atoms with Crippen molar-refractivity contribution in [2.45, 2.75) is 13.3 Å². The third kappa shape index (κ3) is 4.47.